The van der Waals surface area contributed by atoms with Crippen molar-refractivity contribution in [2.24, 2.45) is 5.73 Å². The Morgan fingerprint density at radius 2 is 1.86 bits per heavy atom. The number of carbonyl (C=O) groups excluding carboxylic acids is 1. The van der Waals surface area contributed by atoms with Gasteiger partial charge in [0, 0.05) is 16.7 Å². The number of hydrogen-bond donors (Lipinski definition) is 1. The second-order valence-electron chi connectivity index (χ2n) is 7.51. The van der Waals surface area contributed by atoms with Gasteiger partial charge in [-0.05, 0) is 48.0 Å². The molecule has 35 heavy (non-hydrogen) atoms. The summed E-state index contributed by atoms with van der Waals surface area (Å²) in [4.78, 5) is 12.3. The molecular formula is C27H21ClN2O5. The van der Waals surface area contributed by atoms with Crippen LogP contribution in [-0.4, -0.2) is 19.2 Å². The van der Waals surface area contributed by atoms with Crippen molar-refractivity contribution in [3.05, 3.63) is 107 Å². The summed E-state index contributed by atoms with van der Waals surface area (Å²) in [7, 11) is 0. The lowest BCUT2D eigenvalue weighted by Gasteiger charge is -2.27. The average Bonchev–Trinajstić information content (AvgIpc) is 2.86. The van der Waals surface area contributed by atoms with Crippen LogP contribution in [0.1, 0.15) is 17.0 Å². The van der Waals surface area contributed by atoms with Crippen LogP contribution < -0.4 is 24.7 Å². The van der Waals surface area contributed by atoms with Crippen LogP contribution in [-0.2, 0) is 4.79 Å². The minimum Gasteiger partial charge on any atom is -0.490 e. The number of fused-ring (bicyclic) bond motifs is 1. The van der Waals surface area contributed by atoms with Crippen LogP contribution >= 0.6 is 11.6 Å². The third-order valence-corrected chi connectivity index (χ3v) is 5.40. The van der Waals surface area contributed by atoms with E-state index >= 15 is 0 Å². The highest BCUT2D eigenvalue weighted by molar-refractivity contribution is 6.30. The fraction of sp³-hybridized carbons (Fsp3) is 0.111. The summed E-state index contributed by atoms with van der Waals surface area (Å²) >= 11 is 5.85. The Morgan fingerprint density at radius 3 is 2.60 bits per heavy atom. The van der Waals surface area contributed by atoms with Crippen LogP contribution in [0.3, 0.4) is 0 Å². The molecule has 3 aromatic carbocycles. The number of rotatable bonds is 8. The SMILES string of the molecule is C=CCOc1cccc(C2C(C#N)=C(N)Oc3cc(OC(=O)COc4ccc(Cl)cc4)ccc32)c1. The predicted molar refractivity (Wildman–Crippen MR) is 130 cm³/mol. The van der Waals surface area contributed by atoms with Gasteiger partial charge in [0.1, 0.15) is 41.2 Å². The van der Waals surface area contributed by atoms with Gasteiger partial charge in [-0.3, -0.25) is 0 Å². The molecule has 1 aliphatic rings. The van der Waals surface area contributed by atoms with Gasteiger partial charge in [-0.25, -0.2) is 4.79 Å². The highest BCUT2D eigenvalue weighted by Crippen LogP contribution is 2.44. The number of carbonyl (C=O) groups is 1. The zero-order valence-corrected chi connectivity index (χ0v) is 19.3. The Balaban J connectivity index is 1.55. The average molecular weight is 489 g/mol. The Morgan fingerprint density at radius 1 is 1.09 bits per heavy atom. The number of esters is 1. The Labute approximate surface area is 207 Å². The minimum atomic E-state index is -0.597. The van der Waals surface area contributed by atoms with Gasteiger partial charge < -0.3 is 24.7 Å². The number of nitrogens with two attached hydrogens (primary N) is 1. The van der Waals surface area contributed by atoms with E-state index in [0.29, 0.717) is 34.4 Å². The highest BCUT2D eigenvalue weighted by Gasteiger charge is 2.31. The van der Waals surface area contributed by atoms with Crippen molar-refractivity contribution >= 4 is 17.6 Å². The topological polar surface area (TPSA) is 104 Å². The van der Waals surface area contributed by atoms with Crippen LogP contribution in [0.4, 0.5) is 0 Å². The summed E-state index contributed by atoms with van der Waals surface area (Å²) in [6, 6.07) is 21.1. The first-order valence-corrected chi connectivity index (χ1v) is 11.0. The molecule has 1 heterocycles. The van der Waals surface area contributed by atoms with Crippen molar-refractivity contribution in [3.63, 3.8) is 0 Å². The summed E-state index contributed by atoms with van der Waals surface area (Å²) in [5.74, 6) is 0.671. The van der Waals surface area contributed by atoms with Crippen LogP contribution in [0.5, 0.6) is 23.0 Å². The maximum absolute atomic E-state index is 12.3. The number of benzene rings is 3. The van der Waals surface area contributed by atoms with Gasteiger partial charge >= 0.3 is 5.97 Å². The largest absolute Gasteiger partial charge is 0.490 e. The van der Waals surface area contributed by atoms with E-state index < -0.39 is 11.9 Å². The molecule has 8 heteroatoms. The van der Waals surface area contributed by atoms with Gasteiger partial charge in [-0.15, -0.1) is 0 Å². The molecule has 0 radical (unpaired) electrons. The maximum atomic E-state index is 12.3. The number of allylic oxidation sites excluding steroid dienone is 1. The zero-order valence-electron chi connectivity index (χ0n) is 18.6. The van der Waals surface area contributed by atoms with Gasteiger partial charge in [0.2, 0.25) is 5.88 Å². The first-order chi connectivity index (χ1) is 17.0. The van der Waals surface area contributed by atoms with E-state index in [0.717, 1.165) is 5.56 Å². The number of halogens is 1. The van der Waals surface area contributed by atoms with E-state index in [9.17, 15) is 10.1 Å². The number of nitrogens with zero attached hydrogens (tertiary/aromatic N) is 1. The normalized spacial score (nSPS) is 14.2. The maximum Gasteiger partial charge on any atom is 0.349 e. The lowest BCUT2D eigenvalue weighted by atomic mass is 9.83. The van der Waals surface area contributed by atoms with Crippen molar-refractivity contribution in [3.8, 4) is 29.1 Å². The molecule has 0 saturated heterocycles. The van der Waals surface area contributed by atoms with E-state index in [1.165, 1.54) is 0 Å². The molecule has 3 aromatic rings. The van der Waals surface area contributed by atoms with E-state index in [1.807, 2.05) is 24.3 Å². The van der Waals surface area contributed by atoms with Crippen LogP contribution in [0.25, 0.3) is 0 Å². The van der Waals surface area contributed by atoms with Crippen molar-refractivity contribution < 1.29 is 23.7 Å². The molecule has 2 N–H and O–H groups in total. The number of ether oxygens (including phenoxy) is 4. The van der Waals surface area contributed by atoms with Gasteiger partial charge in [0.05, 0.1) is 5.92 Å². The molecule has 0 fully saturated rings. The molecule has 1 unspecified atom stereocenters. The molecule has 176 valence electrons. The molecule has 4 rings (SSSR count). The molecule has 1 atom stereocenters. The second-order valence-corrected chi connectivity index (χ2v) is 7.95. The van der Waals surface area contributed by atoms with Crippen LogP contribution in [0.15, 0.2) is 90.8 Å². The van der Waals surface area contributed by atoms with E-state index in [4.69, 9.17) is 36.3 Å². The fourth-order valence-corrected chi connectivity index (χ4v) is 3.74. The molecule has 0 aromatic heterocycles. The van der Waals surface area contributed by atoms with Crippen LogP contribution in [0.2, 0.25) is 5.02 Å². The third-order valence-electron chi connectivity index (χ3n) is 5.15. The standard InChI is InChI=1S/C27H21ClN2O5/c1-2-12-32-20-5-3-4-17(13-20)26-22-11-10-21(14-24(22)35-27(30)23(26)15-29)34-25(31)16-33-19-8-6-18(28)7-9-19/h2-11,13-14,26H,1,12,16,30H2. The number of hydrogen-bond acceptors (Lipinski definition) is 7. The summed E-state index contributed by atoms with van der Waals surface area (Å²) in [5, 5.41) is 10.3. The molecule has 0 spiro atoms. The molecule has 0 bridgehead atoms. The second kappa shape index (κ2) is 10.7. The number of nitriles is 1. The van der Waals surface area contributed by atoms with E-state index in [-0.39, 0.29) is 23.8 Å². The lowest BCUT2D eigenvalue weighted by Crippen LogP contribution is -2.21. The zero-order chi connectivity index (χ0) is 24.8. The molecule has 7 nitrogen and oxygen atoms in total. The summed E-state index contributed by atoms with van der Waals surface area (Å²) in [6.45, 7) is 3.72. The Bertz CT molecular complexity index is 1330. The summed E-state index contributed by atoms with van der Waals surface area (Å²) in [6.07, 6.45) is 1.65. The monoisotopic (exact) mass is 488 g/mol. The minimum absolute atomic E-state index is 0.0167. The van der Waals surface area contributed by atoms with Gasteiger partial charge in [-0.1, -0.05) is 42.5 Å². The van der Waals surface area contributed by atoms with E-state index in [1.54, 1.807) is 48.5 Å². The fourth-order valence-electron chi connectivity index (χ4n) is 3.62. The smallest absolute Gasteiger partial charge is 0.349 e. The molecule has 0 amide bonds. The Kier molecular flexibility index (Phi) is 7.24. The highest BCUT2D eigenvalue weighted by atomic mass is 35.5. The van der Waals surface area contributed by atoms with E-state index in [2.05, 4.69) is 12.6 Å². The summed E-state index contributed by atoms with van der Waals surface area (Å²) < 4.78 is 22.2. The first kappa shape index (κ1) is 23.7. The van der Waals surface area contributed by atoms with Crippen LogP contribution in [0, 0.1) is 11.3 Å². The van der Waals surface area contributed by atoms with Crippen molar-refractivity contribution in [2.45, 2.75) is 5.92 Å². The first-order valence-electron chi connectivity index (χ1n) is 10.6. The molecule has 0 aliphatic carbocycles. The Hall–Kier alpha value is -4.41. The quantitative estimate of drug-likeness (QED) is 0.267. The van der Waals surface area contributed by atoms with Gasteiger partial charge in [0.25, 0.3) is 0 Å². The van der Waals surface area contributed by atoms with Crippen molar-refractivity contribution in [1.82, 2.24) is 0 Å². The molecule has 0 saturated carbocycles. The molecular weight excluding hydrogens is 468 g/mol. The predicted octanol–water partition coefficient (Wildman–Crippen LogP) is 5.11. The van der Waals surface area contributed by atoms with Crippen molar-refractivity contribution in [2.75, 3.05) is 13.2 Å². The van der Waals surface area contributed by atoms with Gasteiger partial charge in [-0.2, -0.15) is 5.26 Å². The van der Waals surface area contributed by atoms with Crippen molar-refractivity contribution in [1.29, 1.82) is 5.26 Å². The lowest BCUT2D eigenvalue weighted by molar-refractivity contribution is -0.136. The van der Waals surface area contributed by atoms with Gasteiger partial charge in [0.15, 0.2) is 6.61 Å². The third kappa shape index (κ3) is 5.57. The summed E-state index contributed by atoms with van der Waals surface area (Å²) in [5.41, 5.74) is 7.86. The molecule has 1 aliphatic heterocycles.